The molecular formula is C33H41FN6O6. The molecule has 0 bridgehead atoms. The molecule has 2 aliphatic heterocycles. The molecule has 5 rings (SSSR count). The Labute approximate surface area is 267 Å². The molecule has 13 heteroatoms. The van der Waals surface area contributed by atoms with Crippen molar-refractivity contribution in [1.29, 1.82) is 0 Å². The summed E-state index contributed by atoms with van der Waals surface area (Å²) in [6.45, 7) is 13.8. The maximum Gasteiger partial charge on any atom is 0.414 e. The second-order valence-corrected chi connectivity index (χ2v) is 13.5. The number of amides is 4. The highest BCUT2D eigenvalue weighted by Crippen LogP contribution is 2.41. The van der Waals surface area contributed by atoms with Gasteiger partial charge in [0.25, 0.3) is 0 Å². The lowest BCUT2D eigenvalue weighted by Gasteiger charge is -2.33. The topological polar surface area (TPSA) is 144 Å². The van der Waals surface area contributed by atoms with Gasteiger partial charge in [0.2, 0.25) is 0 Å². The van der Waals surface area contributed by atoms with Gasteiger partial charge in [-0.3, -0.25) is 20.5 Å². The number of benzene rings is 1. The first-order valence-corrected chi connectivity index (χ1v) is 15.4. The van der Waals surface area contributed by atoms with Crippen LogP contribution in [0.25, 0.3) is 21.9 Å². The Bertz CT molecular complexity index is 1680. The summed E-state index contributed by atoms with van der Waals surface area (Å²) in [6, 6.07) is 2.65. The number of urea groups is 1. The number of aromatic nitrogens is 2. The maximum atomic E-state index is 16.6. The van der Waals surface area contributed by atoms with E-state index in [0.717, 1.165) is 0 Å². The Morgan fingerprint density at radius 1 is 1.00 bits per heavy atom. The van der Waals surface area contributed by atoms with E-state index in [4.69, 9.17) is 14.2 Å². The number of fused-ring (bicyclic) bond motifs is 2. The van der Waals surface area contributed by atoms with Crippen molar-refractivity contribution in [3.05, 3.63) is 41.6 Å². The van der Waals surface area contributed by atoms with Crippen LogP contribution in [0.15, 0.2) is 24.5 Å². The van der Waals surface area contributed by atoms with Crippen LogP contribution >= 0.6 is 0 Å². The second kappa shape index (κ2) is 12.7. The van der Waals surface area contributed by atoms with Gasteiger partial charge in [-0.15, -0.1) is 0 Å². The highest BCUT2D eigenvalue weighted by Gasteiger charge is 2.31. The molecule has 1 unspecified atom stereocenters. The minimum Gasteiger partial charge on any atom is -0.444 e. The fourth-order valence-electron chi connectivity index (χ4n) is 5.52. The van der Waals surface area contributed by atoms with Crippen molar-refractivity contribution in [2.75, 3.05) is 35.3 Å². The predicted molar refractivity (Wildman–Crippen MR) is 173 cm³/mol. The molecule has 1 fully saturated rings. The first-order chi connectivity index (χ1) is 21.6. The smallest absolute Gasteiger partial charge is 0.414 e. The van der Waals surface area contributed by atoms with Crippen LogP contribution in [-0.2, 0) is 20.6 Å². The van der Waals surface area contributed by atoms with E-state index < -0.39 is 35.2 Å². The average molecular weight is 637 g/mol. The number of ether oxygens (including phenoxy) is 3. The molecule has 1 atom stereocenters. The van der Waals surface area contributed by atoms with Crippen LogP contribution in [0.5, 0.6) is 0 Å². The van der Waals surface area contributed by atoms with Crippen molar-refractivity contribution in [2.24, 2.45) is 0 Å². The van der Waals surface area contributed by atoms with E-state index >= 15 is 4.39 Å². The quantitative estimate of drug-likeness (QED) is 0.287. The van der Waals surface area contributed by atoms with Gasteiger partial charge in [-0.05, 0) is 90.8 Å². The third-order valence-electron chi connectivity index (χ3n) is 7.44. The lowest BCUT2D eigenvalue weighted by Crippen LogP contribution is -2.40. The van der Waals surface area contributed by atoms with Gasteiger partial charge in [0.1, 0.15) is 17.0 Å². The van der Waals surface area contributed by atoms with Gasteiger partial charge < -0.3 is 19.5 Å². The summed E-state index contributed by atoms with van der Waals surface area (Å²) < 4.78 is 33.0. The van der Waals surface area contributed by atoms with Crippen LogP contribution < -0.4 is 20.9 Å². The molecule has 1 saturated heterocycles. The number of carbonyl (C=O) groups excluding carboxylic acids is 3. The normalized spacial score (nSPS) is 16.5. The van der Waals surface area contributed by atoms with Crippen molar-refractivity contribution in [1.82, 2.24) is 15.3 Å². The third-order valence-corrected chi connectivity index (χ3v) is 7.44. The van der Waals surface area contributed by atoms with Crippen molar-refractivity contribution in [3.8, 4) is 11.1 Å². The van der Waals surface area contributed by atoms with E-state index in [1.165, 1.54) is 6.20 Å². The fourth-order valence-corrected chi connectivity index (χ4v) is 5.52. The van der Waals surface area contributed by atoms with Crippen LogP contribution in [0.1, 0.15) is 65.6 Å². The molecule has 246 valence electrons. The standard InChI is InChI=1S/C33H41FN6O6/c1-18-22(15-35-24-9-8-11-40(28(18)24)31(43)46-33(5,6)7)21-13-19-14-25(38-29(41)37-20-10-12-44-17-20)36-16-23(19)27(26(21)34)39-30(42)45-32(2,3)4/h13-16,20H,8-12,17H2,1-7H3,(H,39,42)(H2,36,37,38,41). The van der Waals surface area contributed by atoms with Crippen molar-refractivity contribution in [2.45, 2.75) is 85.0 Å². The highest BCUT2D eigenvalue weighted by atomic mass is 19.1. The zero-order valence-electron chi connectivity index (χ0n) is 27.3. The Morgan fingerprint density at radius 3 is 2.41 bits per heavy atom. The molecule has 4 heterocycles. The first kappa shape index (κ1) is 32.9. The molecule has 0 radical (unpaired) electrons. The summed E-state index contributed by atoms with van der Waals surface area (Å²) in [6.07, 6.45) is 3.66. The molecule has 0 spiro atoms. The molecule has 12 nitrogen and oxygen atoms in total. The minimum absolute atomic E-state index is 0.106. The summed E-state index contributed by atoms with van der Waals surface area (Å²) in [4.78, 5) is 49.2. The van der Waals surface area contributed by atoms with E-state index in [-0.39, 0.29) is 23.1 Å². The molecule has 4 amide bonds. The van der Waals surface area contributed by atoms with Crippen LogP contribution in [0.4, 0.5) is 36.0 Å². The number of pyridine rings is 2. The second-order valence-electron chi connectivity index (χ2n) is 13.5. The van der Waals surface area contributed by atoms with E-state index in [1.54, 1.807) is 71.7 Å². The van der Waals surface area contributed by atoms with Crippen molar-refractivity contribution >= 4 is 46.2 Å². The Morgan fingerprint density at radius 2 is 1.74 bits per heavy atom. The van der Waals surface area contributed by atoms with Gasteiger partial charge in [-0.2, -0.15) is 0 Å². The number of halogens is 1. The predicted octanol–water partition coefficient (Wildman–Crippen LogP) is 6.69. The van der Waals surface area contributed by atoms with Gasteiger partial charge >= 0.3 is 18.2 Å². The number of carbonyl (C=O) groups is 3. The van der Waals surface area contributed by atoms with Gasteiger partial charge in [0.05, 0.1) is 29.7 Å². The molecular weight excluding hydrogens is 595 g/mol. The molecule has 2 aliphatic rings. The summed E-state index contributed by atoms with van der Waals surface area (Å²) in [5.74, 6) is -0.509. The van der Waals surface area contributed by atoms with E-state index in [1.807, 2.05) is 0 Å². The van der Waals surface area contributed by atoms with Crippen LogP contribution in [0.2, 0.25) is 0 Å². The number of hydrogen-bond donors (Lipinski definition) is 3. The number of nitrogens with zero attached hydrogens (tertiary/aromatic N) is 3. The molecule has 0 saturated carbocycles. The lowest BCUT2D eigenvalue weighted by molar-refractivity contribution is 0.0575. The number of nitrogens with one attached hydrogen (secondary N) is 3. The van der Waals surface area contributed by atoms with Crippen molar-refractivity contribution < 1.29 is 33.0 Å². The third kappa shape index (κ3) is 7.47. The fraction of sp³-hybridized carbons (Fsp3) is 0.485. The van der Waals surface area contributed by atoms with Gasteiger partial charge in [-0.1, -0.05) is 0 Å². The Balaban J connectivity index is 1.60. The van der Waals surface area contributed by atoms with Crippen molar-refractivity contribution in [3.63, 3.8) is 0 Å². The van der Waals surface area contributed by atoms with Crippen LogP contribution in [-0.4, -0.2) is 65.2 Å². The number of hydrogen-bond acceptors (Lipinski definition) is 8. The Kier molecular flexibility index (Phi) is 9.07. The number of aryl methyl sites for hydroxylation is 1. The summed E-state index contributed by atoms with van der Waals surface area (Å²) in [5, 5.41) is 8.91. The minimum atomic E-state index is -0.846. The van der Waals surface area contributed by atoms with Gasteiger partial charge in [0.15, 0.2) is 5.82 Å². The molecule has 46 heavy (non-hydrogen) atoms. The van der Waals surface area contributed by atoms with Gasteiger partial charge in [-0.25, -0.2) is 23.8 Å². The van der Waals surface area contributed by atoms with Crippen LogP contribution in [0, 0.1) is 12.7 Å². The monoisotopic (exact) mass is 636 g/mol. The Hall–Kier alpha value is -4.52. The molecule has 0 aliphatic carbocycles. The van der Waals surface area contributed by atoms with Crippen LogP contribution in [0.3, 0.4) is 0 Å². The largest absolute Gasteiger partial charge is 0.444 e. The van der Waals surface area contributed by atoms with E-state index in [0.29, 0.717) is 72.3 Å². The molecule has 3 aromatic rings. The van der Waals surface area contributed by atoms with E-state index in [2.05, 4.69) is 25.9 Å². The highest BCUT2D eigenvalue weighted by molar-refractivity contribution is 6.05. The van der Waals surface area contributed by atoms with E-state index in [9.17, 15) is 14.4 Å². The van der Waals surface area contributed by atoms with Gasteiger partial charge in [0, 0.05) is 42.1 Å². The molecule has 2 aromatic heterocycles. The molecule has 1 aromatic carbocycles. The maximum absolute atomic E-state index is 16.6. The first-order valence-electron chi connectivity index (χ1n) is 15.4. The summed E-state index contributed by atoms with van der Waals surface area (Å²) >= 11 is 0. The lowest BCUT2D eigenvalue weighted by atomic mass is 9.94. The SMILES string of the molecule is Cc1c(-c2cc3cc(NC(=O)NC4CCOC4)ncc3c(NC(=O)OC(C)(C)C)c2F)cnc2c1N(C(=O)OC(C)(C)C)CCC2. The summed E-state index contributed by atoms with van der Waals surface area (Å²) in [7, 11) is 0. The zero-order valence-corrected chi connectivity index (χ0v) is 27.3. The molecule has 3 N–H and O–H groups in total. The summed E-state index contributed by atoms with van der Waals surface area (Å²) in [5.41, 5.74) is 0.784. The average Bonchev–Trinajstić information content (AvgIpc) is 3.45. The number of rotatable bonds is 4. The zero-order chi connectivity index (χ0) is 33.4. The number of anilines is 3.